The predicted octanol–water partition coefficient (Wildman–Crippen LogP) is 2.91. The van der Waals surface area contributed by atoms with E-state index < -0.39 is 0 Å². The first-order valence-corrected chi connectivity index (χ1v) is 8.02. The Balaban J connectivity index is 2.09. The van der Waals surface area contributed by atoms with Crippen molar-refractivity contribution in [3.8, 4) is 28.6 Å². The lowest BCUT2D eigenvalue weighted by atomic mass is 10.1. The molecule has 0 aliphatic heterocycles. The van der Waals surface area contributed by atoms with Gasteiger partial charge in [-0.25, -0.2) is 5.10 Å². The Hall–Kier alpha value is -3.20. The third kappa shape index (κ3) is 3.42. The predicted molar refractivity (Wildman–Crippen MR) is 99.7 cm³/mol. The molecular weight excluding hydrogens is 354 g/mol. The number of methoxy groups -OCH3 is 3. The van der Waals surface area contributed by atoms with Crippen molar-refractivity contribution < 1.29 is 14.2 Å². The zero-order valence-corrected chi connectivity index (χ0v) is 15.3. The molecule has 0 bridgehead atoms. The van der Waals surface area contributed by atoms with E-state index in [1.807, 2.05) is 18.2 Å². The van der Waals surface area contributed by atoms with E-state index >= 15 is 0 Å². The number of hydrogen-bond acceptors (Lipinski definition) is 7. The summed E-state index contributed by atoms with van der Waals surface area (Å²) in [6, 6.07) is 9.11. The summed E-state index contributed by atoms with van der Waals surface area (Å²) in [5.41, 5.74) is 1.40. The van der Waals surface area contributed by atoms with Gasteiger partial charge in [-0.15, -0.1) is 0 Å². The number of aromatic amines is 1. The molecule has 0 unspecified atom stereocenters. The van der Waals surface area contributed by atoms with E-state index in [9.17, 15) is 0 Å². The van der Waals surface area contributed by atoms with Crippen LogP contribution in [0.5, 0.6) is 17.2 Å². The van der Waals surface area contributed by atoms with E-state index in [2.05, 4.69) is 20.3 Å². The Morgan fingerprint density at radius 2 is 1.85 bits per heavy atom. The van der Waals surface area contributed by atoms with Crippen LogP contribution in [0.4, 0.5) is 0 Å². The molecule has 134 valence electrons. The van der Waals surface area contributed by atoms with Crippen LogP contribution in [0, 0.1) is 4.77 Å². The van der Waals surface area contributed by atoms with Crippen LogP contribution in [0.3, 0.4) is 0 Å². The molecule has 1 aromatic carbocycles. The number of H-pyrrole nitrogens is 1. The second kappa shape index (κ2) is 7.79. The molecule has 0 spiro atoms. The number of hydrogen-bond donors (Lipinski definition) is 1. The molecule has 0 aliphatic rings. The van der Waals surface area contributed by atoms with Gasteiger partial charge >= 0.3 is 0 Å². The van der Waals surface area contributed by atoms with Crippen LogP contribution < -0.4 is 14.2 Å². The summed E-state index contributed by atoms with van der Waals surface area (Å²) in [6.45, 7) is 0. The van der Waals surface area contributed by atoms with Gasteiger partial charge in [0.05, 0.1) is 33.2 Å². The normalized spacial score (nSPS) is 10.9. The minimum absolute atomic E-state index is 0.348. The third-order valence-corrected chi connectivity index (χ3v) is 3.83. The topological polar surface area (TPSA) is 86.6 Å². The van der Waals surface area contributed by atoms with Crippen molar-refractivity contribution in [2.24, 2.45) is 5.10 Å². The summed E-state index contributed by atoms with van der Waals surface area (Å²) in [7, 11) is 4.65. The van der Waals surface area contributed by atoms with E-state index in [0.717, 1.165) is 0 Å². The first kappa shape index (κ1) is 17.6. The van der Waals surface area contributed by atoms with Gasteiger partial charge in [0, 0.05) is 11.8 Å². The van der Waals surface area contributed by atoms with E-state index in [0.29, 0.717) is 39.1 Å². The lowest BCUT2D eigenvalue weighted by Gasteiger charge is -2.13. The standard InChI is InChI=1S/C17H17N5O3S/c1-23-13-8-11(9-14(24-2)15(13)25-3)16-20-21-17(26)22(16)19-10-12-6-4-5-7-18-12/h4-10H,1-3H3,(H,21,26). The van der Waals surface area contributed by atoms with Gasteiger partial charge in [-0.05, 0) is 36.5 Å². The van der Waals surface area contributed by atoms with E-state index in [-0.39, 0.29) is 0 Å². The van der Waals surface area contributed by atoms with Crippen molar-refractivity contribution in [1.82, 2.24) is 19.9 Å². The average Bonchev–Trinajstić information content (AvgIpc) is 3.06. The highest BCUT2D eigenvalue weighted by atomic mass is 32.1. The first-order chi connectivity index (χ1) is 12.7. The molecule has 0 fully saturated rings. The SMILES string of the molecule is COc1cc(-c2n[nH]c(=S)n2N=Cc2ccccn2)cc(OC)c1OC. The Bertz CT molecular complexity index is 957. The van der Waals surface area contributed by atoms with Gasteiger partial charge in [0.15, 0.2) is 17.3 Å². The Morgan fingerprint density at radius 1 is 1.12 bits per heavy atom. The van der Waals surface area contributed by atoms with Crippen LogP contribution >= 0.6 is 12.2 Å². The van der Waals surface area contributed by atoms with E-state index in [1.54, 1.807) is 45.9 Å². The van der Waals surface area contributed by atoms with Crippen LogP contribution in [0.1, 0.15) is 5.69 Å². The highest BCUT2D eigenvalue weighted by Crippen LogP contribution is 2.40. The minimum Gasteiger partial charge on any atom is -0.493 e. The molecule has 0 saturated heterocycles. The fraction of sp³-hybridized carbons (Fsp3) is 0.176. The zero-order valence-electron chi connectivity index (χ0n) is 14.5. The smallest absolute Gasteiger partial charge is 0.216 e. The summed E-state index contributed by atoms with van der Waals surface area (Å²) in [5.74, 6) is 2.02. The van der Waals surface area contributed by atoms with Crippen LogP contribution in [0.2, 0.25) is 0 Å². The quantitative estimate of drug-likeness (QED) is 0.530. The first-order valence-electron chi connectivity index (χ1n) is 7.61. The molecule has 3 aromatic rings. The molecule has 0 saturated carbocycles. The monoisotopic (exact) mass is 371 g/mol. The largest absolute Gasteiger partial charge is 0.493 e. The molecule has 1 N–H and O–H groups in total. The number of pyridine rings is 1. The molecule has 0 aliphatic carbocycles. The van der Waals surface area contributed by atoms with Crippen LogP contribution in [-0.4, -0.2) is 47.4 Å². The van der Waals surface area contributed by atoms with Gasteiger partial charge < -0.3 is 14.2 Å². The molecule has 2 aromatic heterocycles. The maximum Gasteiger partial charge on any atom is 0.216 e. The number of ether oxygens (including phenoxy) is 3. The number of aromatic nitrogens is 4. The molecule has 8 nitrogen and oxygen atoms in total. The molecule has 26 heavy (non-hydrogen) atoms. The van der Waals surface area contributed by atoms with E-state index in [1.165, 1.54) is 4.68 Å². The van der Waals surface area contributed by atoms with Crippen molar-refractivity contribution in [3.63, 3.8) is 0 Å². The number of nitrogens with zero attached hydrogens (tertiary/aromatic N) is 4. The van der Waals surface area contributed by atoms with Gasteiger partial charge in [-0.1, -0.05) is 6.07 Å². The third-order valence-electron chi connectivity index (χ3n) is 3.57. The minimum atomic E-state index is 0.348. The number of nitrogens with one attached hydrogen (secondary N) is 1. The zero-order chi connectivity index (χ0) is 18.5. The number of rotatable bonds is 6. The molecule has 9 heteroatoms. The van der Waals surface area contributed by atoms with E-state index in [4.69, 9.17) is 26.4 Å². The van der Waals surface area contributed by atoms with Crippen molar-refractivity contribution in [1.29, 1.82) is 0 Å². The maximum absolute atomic E-state index is 5.39. The van der Waals surface area contributed by atoms with Gasteiger partial charge in [0.1, 0.15) is 0 Å². The van der Waals surface area contributed by atoms with Gasteiger partial charge in [0.2, 0.25) is 10.5 Å². The van der Waals surface area contributed by atoms with Gasteiger partial charge in [-0.3, -0.25) is 4.98 Å². The molecule has 3 rings (SSSR count). The fourth-order valence-electron chi connectivity index (χ4n) is 2.37. The Kier molecular flexibility index (Phi) is 5.28. The maximum atomic E-state index is 5.39. The average molecular weight is 371 g/mol. The molecule has 0 atom stereocenters. The van der Waals surface area contributed by atoms with Crippen molar-refractivity contribution >= 4 is 18.4 Å². The lowest BCUT2D eigenvalue weighted by Crippen LogP contribution is -1.99. The van der Waals surface area contributed by atoms with Crippen LogP contribution in [0.25, 0.3) is 11.4 Å². The molecule has 0 amide bonds. The Morgan fingerprint density at radius 3 is 2.42 bits per heavy atom. The summed E-state index contributed by atoms with van der Waals surface area (Å²) in [6.07, 6.45) is 3.29. The van der Waals surface area contributed by atoms with Gasteiger partial charge in [-0.2, -0.15) is 14.9 Å². The van der Waals surface area contributed by atoms with Crippen molar-refractivity contribution in [2.75, 3.05) is 21.3 Å². The van der Waals surface area contributed by atoms with Crippen LogP contribution in [0.15, 0.2) is 41.6 Å². The summed E-state index contributed by atoms with van der Waals surface area (Å²) in [4.78, 5) is 4.20. The molecule has 0 radical (unpaired) electrons. The Labute approximate surface area is 155 Å². The lowest BCUT2D eigenvalue weighted by molar-refractivity contribution is 0.324. The highest BCUT2D eigenvalue weighted by Gasteiger charge is 2.17. The van der Waals surface area contributed by atoms with Crippen molar-refractivity contribution in [2.45, 2.75) is 0 Å². The summed E-state index contributed by atoms with van der Waals surface area (Å²) < 4.78 is 18.0. The van der Waals surface area contributed by atoms with Gasteiger partial charge in [0.25, 0.3) is 0 Å². The van der Waals surface area contributed by atoms with Crippen molar-refractivity contribution in [3.05, 3.63) is 47.0 Å². The highest BCUT2D eigenvalue weighted by molar-refractivity contribution is 7.71. The second-order valence-electron chi connectivity index (χ2n) is 5.08. The molecule has 2 heterocycles. The summed E-state index contributed by atoms with van der Waals surface area (Å²) >= 11 is 5.28. The fourth-order valence-corrected chi connectivity index (χ4v) is 2.54. The van der Waals surface area contributed by atoms with Crippen LogP contribution in [-0.2, 0) is 0 Å². The number of benzene rings is 1. The second-order valence-corrected chi connectivity index (χ2v) is 5.46. The molecular formula is C17H17N5O3S. The summed E-state index contributed by atoms with van der Waals surface area (Å²) in [5, 5.41) is 11.4.